The van der Waals surface area contributed by atoms with Gasteiger partial charge < -0.3 is 9.88 Å². The summed E-state index contributed by atoms with van der Waals surface area (Å²) in [6.07, 6.45) is 8.46. The van der Waals surface area contributed by atoms with Crippen LogP contribution in [0.25, 0.3) is 0 Å². The van der Waals surface area contributed by atoms with Crippen molar-refractivity contribution in [2.45, 2.75) is 18.8 Å². The maximum Gasteiger partial charge on any atom is 0.271 e. The Labute approximate surface area is 110 Å². The SMILES string of the molecule is O=C(c1cnc[nH]1)N1CCC[C@H](c2ccncn2)C1. The molecule has 0 radical (unpaired) electrons. The average molecular weight is 257 g/mol. The molecule has 0 aliphatic carbocycles. The van der Waals surface area contributed by atoms with Crippen LogP contribution in [0.5, 0.6) is 0 Å². The Kier molecular flexibility index (Phi) is 3.22. The molecule has 2 aromatic rings. The maximum absolute atomic E-state index is 12.3. The molecule has 0 saturated carbocycles. The Morgan fingerprint density at radius 1 is 1.42 bits per heavy atom. The van der Waals surface area contributed by atoms with Crippen molar-refractivity contribution in [2.24, 2.45) is 0 Å². The van der Waals surface area contributed by atoms with Gasteiger partial charge in [-0.1, -0.05) is 0 Å². The number of carbonyl (C=O) groups is 1. The van der Waals surface area contributed by atoms with Gasteiger partial charge in [-0.05, 0) is 18.9 Å². The largest absolute Gasteiger partial charge is 0.341 e. The fourth-order valence-corrected chi connectivity index (χ4v) is 2.49. The molecule has 6 nitrogen and oxygen atoms in total. The standard InChI is InChI=1S/C13H15N5O/c19-13(12-6-15-9-17-12)18-5-1-2-10(7-18)11-3-4-14-8-16-11/h3-4,6,8-10H,1-2,5,7H2,(H,15,17)/t10-/m0/s1. The van der Waals surface area contributed by atoms with Crippen LogP contribution in [-0.2, 0) is 0 Å². The van der Waals surface area contributed by atoms with E-state index in [0.29, 0.717) is 18.2 Å². The molecule has 1 aliphatic heterocycles. The van der Waals surface area contributed by atoms with Crippen molar-refractivity contribution in [3.63, 3.8) is 0 Å². The molecule has 6 heteroatoms. The molecule has 3 rings (SSSR count). The third-order valence-corrected chi connectivity index (χ3v) is 3.46. The zero-order valence-corrected chi connectivity index (χ0v) is 10.5. The maximum atomic E-state index is 12.3. The fraction of sp³-hybridized carbons (Fsp3) is 0.385. The van der Waals surface area contributed by atoms with E-state index in [2.05, 4.69) is 19.9 Å². The van der Waals surface area contributed by atoms with Gasteiger partial charge in [0.1, 0.15) is 12.0 Å². The Morgan fingerprint density at radius 3 is 3.11 bits per heavy atom. The molecule has 1 fully saturated rings. The van der Waals surface area contributed by atoms with Crippen molar-refractivity contribution < 1.29 is 4.79 Å². The summed E-state index contributed by atoms with van der Waals surface area (Å²) in [7, 11) is 0. The molecule has 0 unspecified atom stereocenters. The number of hydrogen-bond acceptors (Lipinski definition) is 4. The summed E-state index contributed by atoms with van der Waals surface area (Å²) >= 11 is 0. The molecule has 1 N–H and O–H groups in total. The van der Waals surface area contributed by atoms with Gasteiger partial charge in [-0.15, -0.1) is 0 Å². The number of rotatable bonds is 2. The second-order valence-electron chi connectivity index (χ2n) is 4.69. The van der Waals surface area contributed by atoms with Crippen LogP contribution in [-0.4, -0.2) is 43.8 Å². The van der Waals surface area contributed by atoms with E-state index < -0.39 is 0 Å². The average Bonchev–Trinajstić information content (AvgIpc) is 3.02. The number of nitrogens with one attached hydrogen (secondary N) is 1. The van der Waals surface area contributed by atoms with E-state index in [0.717, 1.165) is 25.1 Å². The topological polar surface area (TPSA) is 74.8 Å². The van der Waals surface area contributed by atoms with Gasteiger partial charge in [0.15, 0.2) is 0 Å². The van der Waals surface area contributed by atoms with Crippen molar-refractivity contribution in [3.05, 3.63) is 42.5 Å². The second kappa shape index (κ2) is 5.17. The van der Waals surface area contributed by atoms with Gasteiger partial charge >= 0.3 is 0 Å². The van der Waals surface area contributed by atoms with E-state index in [9.17, 15) is 4.79 Å². The van der Waals surface area contributed by atoms with E-state index in [1.54, 1.807) is 18.7 Å². The normalized spacial score (nSPS) is 19.4. The number of hydrogen-bond donors (Lipinski definition) is 1. The number of likely N-dealkylation sites (tertiary alicyclic amines) is 1. The molecule has 1 saturated heterocycles. The summed E-state index contributed by atoms with van der Waals surface area (Å²) in [5, 5.41) is 0. The Hall–Kier alpha value is -2.24. The Bertz CT molecular complexity index is 539. The zero-order chi connectivity index (χ0) is 13.1. The molecule has 0 bridgehead atoms. The highest BCUT2D eigenvalue weighted by molar-refractivity contribution is 5.92. The Balaban J connectivity index is 1.73. The number of carbonyl (C=O) groups excluding carboxylic acids is 1. The van der Waals surface area contributed by atoms with Gasteiger partial charge in [0.25, 0.3) is 5.91 Å². The first-order chi connectivity index (χ1) is 9.34. The van der Waals surface area contributed by atoms with Gasteiger partial charge in [-0.2, -0.15) is 0 Å². The summed E-state index contributed by atoms with van der Waals surface area (Å²) < 4.78 is 0. The Morgan fingerprint density at radius 2 is 2.37 bits per heavy atom. The van der Waals surface area contributed by atoms with Gasteiger partial charge in [0, 0.05) is 30.9 Å². The van der Waals surface area contributed by atoms with Crippen LogP contribution in [0.15, 0.2) is 31.1 Å². The number of aromatic amines is 1. The first-order valence-electron chi connectivity index (χ1n) is 6.38. The van der Waals surface area contributed by atoms with E-state index >= 15 is 0 Å². The highest BCUT2D eigenvalue weighted by atomic mass is 16.2. The predicted octanol–water partition coefficient (Wildman–Crippen LogP) is 1.22. The molecule has 1 atom stereocenters. The van der Waals surface area contributed by atoms with Crippen molar-refractivity contribution in [2.75, 3.05) is 13.1 Å². The molecule has 19 heavy (non-hydrogen) atoms. The third-order valence-electron chi connectivity index (χ3n) is 3.46. The summed E-state index contributed by atoms with van der Waals surface area (Å²) in [6, 6.07) is 1.93. The number of imidazole rings is 1. The van der Waals surface area contributed by atoms with Crippen LogP contribution in [0.3, 0.4) is 0 Å². The van der Waals surface area contributed by atoms with Crippen LogP contribution in [0.2, 0.25) is 0 Å². The smallest absolute Gasteiger partial charge is 0.271 e. The summed E-state index contributed by atoms with van der Waals surface area (Å²) in [6.45, 7) is 1.49. The molecular formula is C13H15N5O. The lowest BCUT2D eigenvalue weighted by atomic mass is 9.94. The van der Waals surface area contributed by atoms with Crippen LogP contribution in [0, 0.1) is 0 Å². The van der Waals surface area contributed by atoms with Gasteiger partial charge in [-0.3, -0.25) is 4.79 Å². The van der Waals surface area contributed by atoms with Gasteiger partial charge in [-0.25, -0.2) is 15.0 Å². The minimum Gasteiger partial charge on any atom is -0.341 e. The lowest BCUT2D eigenvalue weighted by Crippen LogP contribution is -2.39. The minimum atomic E-state index is 0.0104. The van der Waals surface area contributed by atoms with Crippen LogP contribution in [0.4, 0.5) is 0 Å². The lowest BCUT2D eigenvalue weighted by Gasteiger charge is -2.32. The van der Waals surface area contributed by atoms with E-state index in [1.165, 1.54) is 6.33 Å². The zero-order valence-electron chi connectivity index (χ0n) is 10.5. The minimum absolute atomic E-state index is 0.0104. The summed E-state index contributed by atoms with van der Waals surface area (Å²) in [5.41, 5.74) is 1.56. The monoisotopic (exact) mass is 257 g/mol. The summed E-state index contributed by atoms with van der Waals surface area (Å²) in [4.78, 5) is 29.1. The molecule has 2 aromatic heterocycles. The molecule has 0 spiro atoms. The van der Waals surface area contributed by atoms with E-state index in [-0.39, 0.29) is 5.91 Å². The van der Waals surface area contributed by atoms with Crippen molar-refractivity contribution in [1.82, 2.24) is 24.8 Å². The number of amides is 1. The van der Waals surface area contributed by atoms with Crippen molar-refractivity contribution >= 4 is 5.91 Å². The first kappa shape index (κ1) is 11.8. The first-order valence-corrected chi connectivity index (χ1v) is 6.38. The van der Waals surface area contributed by atoms with E-state index in [1.807, 2.05) is 11.0 Å². The fourth-order valence-electron chi connectivity index (χ4n) is 2.49. The number of aromatic nitrogens is 4. The quantitative estimate of drug-likeness (QED) is 0.877. The summed E-state index contributed by atoms with van der Waals surface area (Å²) in [5.74, 6) is 0.305. The van der Waals surface area contributed by atoms with Crippen LogP contribution in [0.1, 0.15) is 34.9 Å². The predicted molar refractivity (Wildman–Crippen MR) is 68.5 cm³/mol. The molecular weight excluding hydrogens is 242 g/mol. The number of nitrogens with zero attached hydrogens (tertiary/aromatic N) is 4. The highest BCUT2D eigenvalue weighted by Gasteiger charge is 2.26. The van der Waals surface area contributed by atoms with Crippen LogP contribution < -0.4 is 0 Å². The molecule has 0 aromatic carbocycles. The van der Waals surface area contributed by atoms with Crippen LogP contribution >= 0.6 is 0 Å². The molecule has 3 heterocycles. The molecule has 1 aliphatic rings. The van der Waals surface area contributed by atoms with Crippen molar-refractivity contribution in [1.29, 1.82) is 0 Å². The second-order valence-corrected chi connectivity index (χ2v) is 4.69. The molecule has 98 valence electrons. The van der Waals surface area contributed by atoms with Gasteiger partial charge in [0.2, 0.25) is 0 Å². The number of H-pyrrole nitrogens is 1. The highest BCUT2D eigenvalue weighted by Crippen LogP contribution is 2.25. The van der Waals surface area contributed by atoms with Crippen molar-refractivity contribution in [3.8, 4) is 0 Å². The van der Waals surface area contributed by atoms with Gasteiger partial charge in [0.05, 0.1) is 12.5 Å². The molecule has 1 amide bonds. The number of piperidine rings is 1. The van der Waals surface area contributed by atoms with E-state index in [4.69, 9.17) is 0 Å². The lowest BCUT2D eigenvalue weighted by molar-refractivity contribution is 0.0700. The third kappa shape index (κ3) is 2.47.